The van der Waals surface area contributed by atoms with Crippen molar-refractivity contribution in [1.82, 2.24) is 9.78 Å². The van der Waals surface area contributed by atoms with Gasteiger partial charge < -0.3 is 11.2 Å². The predicted molar refractivity (Wildman–Crippen MR) is 48.5 cm³/mol. The first-order valence-electron chi connectivity index (χ1n) is 3.89. The Kier molecular flexibility index (Phi) is 2.67. The minimum absolute atomic E-state index is 0.605. The number of anilines is 1. The second-order valence-electron chi connectivity index (χ2n) is 2.71. The molecule has 1 rings (SSSR count). The molecule has 0 amide bonds. The fourth-order valence-electron chi connectivity index (χ4n) is 1.32. The zero-order chi connectivity index (χ0) is 9.14. The van der Waals surface area contributed by atoms with E-state index in [1.807, 2.05) is 14.0 Å². The molecule has 0 radical (unpaired) electrons. The molecule has 0 atom stereocenters. The van der Waals surface area contributed by atoms with Gasteiger partial charge in [-0.25, -0.2) is 0 Å². The summed E-state index contributed by atoms with van der Waals surface area (Å²) in [4.78, 5) is 0. The summed E-state index contributed by atoms with van der Waals surface area (Å²) in [6.07, 6.45) is 0.789. The first-order chi connectivity index (χ1) is 5.70. The molecule has 0 saturated carbocycles. The van der Waals surface area contributed by atoms with Crippen LogP contribution in [0.2, 0.25) is 0 Å². The van der Waals surface area contributed by atoms with Crippen LogP contribution in [-0.4, -0.2) is 16.3 Å². The van der Waals surface area contributed by atoms with Gasteiger partial charge >= 0.3 is 0 Å². The van der Waals surface area contributed by atoms with Crippen molar-refractivity contribution >= 4 is 5.69 Å². The van der Waals surface area contributed by atoms with E-state index in [2.05, 4.69) is 10.5 Å². The minimum atomic E-state index is 0.605. The third-order valence-corrected chi connectivity index (χ3v) is 1.87. The van der Waals surface area contributed by atoms with Crippen LogP contribution in [0.5, 0.6) is 0 Å². The van der Waals surface area contributed by atoms with Crippen molar-refractivity contribution in [1.29, 1.82) is 0 Å². The average Bonchev–Trinajstić information content (AvgIpc) is 2.28. The zero-order valence-electron chi connectivity index (χ0n) is 7.46. The Morgan fingerprint density at radius 1 is 1.58 bits per heavy atom. The van der Waals surface area contributed by atoms with Gasteiger partial charge in [0.1, 0.15) is 0 Å². The molecule has 0 spiro atoms. The largest absolute Gasteiger partial charge is 0.330 e. The molecule has 0 aromatic carbocycles. The van der Waals surface area contributed by atoms with Crippen molar-refractivity contribution in [2.24, 2.45) is 18.6 Å². The van der Waals surface area contributed by atoms with Gasteiger partial charge in [-0.05, 0) is 13.5 Å². The van der Waals surface area contributed by atoms with Crippen LogP contribution in [-0.2, 0) is 13.5 Å². The fourth-order valence-corrected chi connectivity index (χ4v) is 1.32. The molecule has 0 aliphatic heterocycles. The van der Waals surface area contributed by atoms with E-state index in [0.29, 0.717) is 6.54 Å². The molecule has 0 saturated heterocycles. The summed E-state index contributed by atoms with van der Waals surface area (Å²) in [6, 6.07) is 0. The number of hydrazine groups is 1. The highest BCUT2D eigenvalue weighted by Crippen LogP contribution is 2.17. The molecule has 0 fully saturated rings. The van der Waals surface area contributed by atoms with Crippen LogP contribution in [0, 0.1) is 6.92 Å². The summed E-state index contributed by atoms with van der Waals surface area (Å²) in [5.74, 6) is 5.35. The van der Waals surface area contributed by atoms with Crippen molar-refractivity contribution in [2.45, 2.75) is 13.3 Å². The van der Waals surface area contributed by atoms with Crippen molar-refractivity contribution in [3.05, 3.63) is 11.4 Å². The van der Waals surface area contributed by atoms with Gasteiger partial charge in [-0.15, -0.1) is 0 Å². The second-order valence-corrected chi connectivity index (χ2v) is 2.71. The smallest absolute Gasteiger partial charge is 0.0931 e. The number of hydrogen-bond donors (Lipinski definition) is 3. The normalized spacial score (nSPS) is 10.3. The Hall–Kier alpha value is -1.07. The molecule has 5 N–H and O–H groups in total. The predicted octanol–water partition coefficient (Wildman–Crippen LogP) is -0.485. The van der Waals surface area contributed by atoms with Crippen molar-refractivity contribution < 1.29 is 0 Å². The van der Waals surface area contributed by atoms with Gasteiger partial charge in [-0.2, -0.15) is 5.10 Å². The SMILES string of the molecule is Cc1nn(C)c(CCN)c1NN. The number of nitrogens with one attached hydrogen (secondary N) is 1. The molecule has 5 nitrogen and oxygen atoms in total. The maximum atomic E-state index is 5.45. The Bertz CT molecular complexity index is 265. The third kappa shape index (κ3) is 1.41. The Morgan fingerprint density at radius 3 is 2.75 bits per heavy atom. The lowest BCUT2D eigenvalue weighted by Crippen LogP contribution is -2.13. The van der Waals surface area contributed by atoms with E-state index in [1.165, 1.54) is 0 Å². The Morgan fingerprint density at radius 2 is 2.25 bits per heavy atom. The maximum absolute atomic E-state index is 5.45. The quantitative estimate of drug-likeness (QED) is 0.421. The highest BCUT2D eigenvalue weighted by molar-refractivity contribution is 5.51. The molecule has 0 bridgehead atoms. The van der Waals surface area contributed by atoms with Gasteiger partial charge in [0.2, 0.25) is 0 Å². The van der Waals surface area contributed by atoms with Crippen LogP contribution < -0.4 is 17.0 Å². The van der Waals surface area contributed by atoms with Crippen molar-refractivity contribution in [3.63, 3.8) is 0 Å². The van der Waals surface area contributed by atoms with Crippen LogP contribution in [0.1, 0.15) is 11.4 Å². The second kappa shape index (κ2) is 3.55. The lowest BCUT2D eigenvalue weighted by atomic mass is 10.2. The lowest BCUT2D eigenvalue weighted by Gasteiger charge is -2.03. The Labute approximate surface area is 71.7 Å². The van der Waals surface area contributed by atoms with Gasteiger partial charge in [-0.1, -0.05) is 0 Å². The number of nitrogens with zero attached hydrogens (tertiary/aromatic N) is 2. The first-order valence-corrected chi connectivity index (χ1v) is 3.89. The monoisotopic (exact) mass is 169 g/mol. The molecule has 12 heavy (non-hydrogen) atoms. The highest BCUT2D eigenvalue weighted by atomic mass is 15.3. The summed E-state index contributed by atoms with van der Waals surface area (Å²) >= 11 is 0. The van der Waals surface area contributed by atoms with E-state index in [0.717, 1.165) is 23.5 Å². The first kappa shape index (κ1) is 9.02. The standard InChI is InChI=1S/C7H15N5/c1-5-7(10-9)6(3-4-8)12(2)11-5/h10H,3-4,8-9H2,1-2H3. The van der Waals surface area contributed by atoms with Crippen LogP contribution in [0.3, 0.4) is 0 Å². The molecule has 1 aromatic rings. The van der Waals surface area contributed by atoms with Crippen LogP contribution >= 0.6 is 0 Å². The van der Waals surface area contributed by atoms with Gasteiger partial charge in [0.15, 0.2) is 0 Å². The molecule has 1 heterocycles. The number of hydrogen-bond acceptors (Lipinski definition) is 4. The maximum Gasteiger partial charge on any atom is 0.0931 e. The van der Waals surface area contributed by atoms with E-state index >= 15 is 0 Å². The molecular formula is C7H15N5. The highest BCUT2D eigenvalue weighted by Gasteiger charge is 2.10. The number of rotatable bonds is 3. The number of nitrogen functional groups attached to an aromatic ring is 1. The summed E-state index contributed by atoms with van der Waals surface area (Å²) in [6.45, 7) is 2.52. The molecule has 68 valence electrons. The van der Waals surface area contributed by atoms with Crippen LogP contribution in [0.15, 0.2) is 0 Å². The molecule has 0 aliphatic rings. The summed E-state index contributed by atoms with van der Waals surface area (Å²) < 4.78 is 1.80. The molecular weight excluding hydrogens is 154 g/mol. The van der Waals surface area contributed by atoms with Crippen LogP contribution in [0.25, 0.3) is 0 Å². The molecule has 1 aromatic heterocycles. The van der Waals surface area contributed by atoms with E-state index < -0.39 is 0 Å². The average molecular weight is 169 g/mol. The number of aromatic nitrogens is 2. The van der Waals surface area contributed by atoms with Crippen LogP contribution in [0.4, 0.5) is 5.69 Å². The zero-order valence-corrected chi connectivity index (χ0v) is 7.46. The minimum Gasteiger partial charge on any atom is -0.330 e. The summed E-state index contributed by atoms with van der Waals surface area (Å²) in [7, 11) is 1.89. The number of aryl methyl sites for hydroxylation is 2. The van der Waals surface area contributed by atoms with Crippen molar-refractivity contribution in [3.8, 4) is 0 Å². The summed E-state index contributed by atoms with van der Waals surface area (Å²) in [5, 5.41) is 4.22. The van der Waals surface area contributed by atoms with Gasteiger partial charge in [0.25, 0.3) is 0 Å². The van der Waals surface area contributed by atoms with E-state index in [-0.39, 0.29) is 0 Å². The Balaban J connectivity index is 3.04. The van der Waals surface area contributed by atoms with E-state index in [4.69, 9.17) is 11.6 Å². The molecule has 0 unspecified atom stereocenters. The van der Waals surface area contributed by atoms with Gasteiger partial charge in [0.05, 0.1) is 17.1 Å². The van der Waals surface area contributed by atoms with E-state index in [1.54, 1.807) is 4.68 Å². The summed E-state index contributed by atoms with van der Waals surface area (Å²) in [5.41, 5.74) is 10.9. The van der Waals surface area contributed by atoms with Gasteiger partial charge in [0, 0.05) is 13.5 Å². The lowest BCUT2D eigenvalue weighted by molar-refractivity contribution is 0.701. The number of nitrogens with two attached hydrogens (primary N) is 2. The topological polar surface area (TPSA) is 81.9 Å². The van der Waals surface area contributed by atoms with Gasteiger partial charge in [-0.3, -0.25) is 10.5 Å². The van der Waals surface area contributed by atoms with Crippen molar-refractivity contribution in [2.75, 3.05) is 12.0 Å². The van der Waals surface area contributed by atoms with E-state index in [9.17, 15) is 0 Å². The fraction of sp³-hybridized carbons (Fsp3) is 0.571. The third-order valence-electron chi connectivity index (χ3n) is 1.87. The molecule has 5 heteroatoms. The molecule has 0 aliphatic carbocycles.